The van der Waals surface area contributed by atoms with Crippen LogP contribution in [-0.2, 0) is 0 Å². The van der Waals surface area contributed by atoms with E-state index < -0.39 is 0 Å². The van der Waals surface area contributed by atoms with Crippen molar-refractivity contribution in [2.24, 2.45) is 0 Å². The molecule has 0 bridgehead atoms. The predicted octanol–water partition coefficient (Wildman–Crippen LogP) is 1.04. The summed E-state index contributed by atoms with van der Waals surface area (Å²) < 4.78 is 0. The molecule has 1 unspecified atom stereocenters. The van der Waals surface area contributed by atoms with Crippen LogP contribution in [0.2, 0.25) is 0 Å². The van der Waals surface area contributed by atoms with Crippen molar-refractivity contribution < 1.29 is 5.11 Å². The van der Waals surface area contributed by atoms with Crippen molar-refractivity contribution in [2.75, 3.05) is 6.54 Å². The average Bonchev–Trinajstić information content (AvgIpc) is 2.36. The van der Waals surface area contributed by atoms with Crippen LogP contribution in [0.1, 0.15) is 38.5 Å². The van der Waals surface area contributed by atoms with Crippen LogP contribution in [0.4, 0.5) is 0 Å². The third kappa shape index (κ3) is 1.57. The topological polar surface area (TPSA) is 32.3 Å². The highest BCUT2D eigenvalue weighted by molar-refractivity contribution is 4.92. The molecule has 2 heteroatoms. The molecule has 1 atom stereocenters. The van der Waals surface area contributed by atoms with Crippen molar-refractivity contribution in [3.05, 3.63) is 0 Å². The summed E-state index contributed by atoms with van der Waals surface area (Å²) in [6.45, 7) is 1.15. The van der Waals surface area contributed by atoms with Gasteiger partial charge >= 0.3 is 0 Å². The number of rotatable bonds is 2. The fourth-order valence-corrected chi connectivity index (χ4v) is 2.18. The van der Waals surface area contributed by atoms with E-state index in [0.29, 0.717) is 6.04 Å². The van der Waals surface area contributed by atoms with E-state index in [2.05, 4.69) is 5.32 Å². The normalized spacial score (nSPS) is 35.2. The lowest BCUT2D eigenvalue weighted by atomic mass is 9.76. The van der Waals surface area contributed by atoms with Gasteiger partial charge in [-0.25, -0.2) is 0 Å². The third-order valence-electron chi connectivity index (χ3n) is 3.07. The Bertz CT molecular complexity index is 136. The van der Waals surface area contributed by atoms with Gasteiger partial charge in [-0.05, 0) is 45.1 Å². The van der Waals surface area contributed by atoms with Gasteiger partial charge < -0.3 is 10.4 Å². The summed E-state index contributed by atoms with van der Waals surface area (Å²) >= 11 is 0. The van der Waals surface area contributed by atoms with Crippen molar-refractivity contribution in [1.29, 1.82) is 0 Å². The molecular weight excluding hydrogens is 138 g/mol. The van der Waals surface area contributed by atoms with E-state index >= 15 is 0 Å². The third-order valence-corrected chi connectivity index (χ3v) is 3.07. The number of hydrogen-bond donors (Lipinski definition) is 2. The molecule has 0 radical (unpaired) electrons. The zero-order valence-corrected chi connectivity index (χ0v) is 6.97. The molecule has 1 saturated heterocycles. The van der Waals surface area contributed by atoms with Gasteiger partial charge in [-0.1, -0.05) is 0 Å². The average molecular weight is 155 g/mol. The van der Waals surface area contributed by atoms with Gasteiger partial charge in [-0.3, -0.25) is 0 Å². The minimum atomic E-state index is -0.276. The minimum absolute atomic E-state index is 0.276. The molecule has 2 N–H and O–H groups in total. The first-order chi connectivity index (χ1) is 5.29. The van der Waals surface area contributed by atoms with Crippen molar-refractivity contribution in [2.45, 2.75) is 50.2 Å². The van der Waals surface area contributed by atoms with E-state index in [1.54, 1.807) is 0 Å². The van der Waals surface area contributed by atoms with Crippen LogP contribution in [0.25, 0.3) is 0 Å². The van der Waals surface area contributed by atoms with Crippen LogP contribution in [-0.4, -0.2) is 23.3 Å². The van der Waals surface area contributed by atoms with Crippen LogP contribution < -0.4 is 5.32 Å². The van der Waals surface area contributed by atoms with Crippen molar-refractivity contribution in [3.63, 3.8) is 0 Å². The summed E-state index contributed by atoms with van der Waals surface area (Å²) in [4.78, 5) is 0. The molecule has 1 saturated carbocycles. The molecular formula is C9H17NO. The Morgan fingerprint density at radius 2 is 2.18 bits per heavy atom. The minimum Gasteiger partial charge on any atom is -0.390 e. The molecule has 0 amide bonds. The van der Waals surface area contributed by atoms with Crippen LogP contribution in [0, 0.1) is 0 Å². The zero-order chi connectivity index (χ0) is 7.73. The smallest absolute Gasteiger partial charge is 0.0662 e. The molecule has 64 valence electrons. The molecule has 1 aliphatic carbocycles. The van der Waals surface area contributed by atoms with Crippen LogP contribution in [0.5, 0.6) is 0 Å². The standard InChI is InChI=1S/C9H17NO/c11-9(4-2-5-9)7-8-3-1-6-10-8/h8,10-11H,1-7H2. The van der Waals surface area contributed by atoms with E-state index in [1.807, 2.05) is 0 Å². The summed E-state index contributed by atoms with van der Waals surface area (Å²) in [6, 6.07) is 0.611. The zero-order valence-electron chi connectivity index (χ0n) is 6.97. The highest BCUT2D eigenvalue weighted by Gasteiger charge is 2.36. The van der Waals surface area contributed by atoms with Gasteiger partial charge in [-0.2, -0.15) is 0 Å². The van der Waals surface area contributed by atoms with Gasteiger partial charge in [0, 0.05) is 6.04 Å². The fraction of sp³-hybridized carbons (Fsp3) is 1.00. The molecule has 2 fully saturated rings. The maximum absolute atomic E-state index is 9.83. The largest absolute Gasteiger partial charge is 0.390 e. The molecule has 2 rings (SSSR count). The molecule has 0 spiro atoms. The van der Waals surface area contributed by atoms with Crippen molar-refractivity contribution in [3.8, 4) is 0 Å². The molecule has 0 aromatic heterocycles. The van der Waals surface area contributed by atoms with Gasteiger partial charge in [0.25, 0.3) is 0 Å². The number of nitrogens with one attached hydrogen (secondary N) is 1. The van der Waals surface area contributed by atoms with E-state index in [4.69, 9.17) is 0 Å². The Kier molecular flexibility index (Phi) is 1.90. The van der Waals surface area contributed by atoms with Gasteiger partial charge in [0.05, 0.1) is 5.60 Å². The second kappa shape index (κ2) is 2.76. The Labute approximate surface area is 68.0 Å². The van der Waals surface area contributed by atoms with Gasteiger partial charge in [0.15, 0.2) is 0 Å². The lowest BCUT2D eigenvalue weighted by Crippen LogP contribution is -2.42. The van der Waals surface area contributed by atoms with Crippen LogP contribution >= 0.6 is 0 Å². The molecule has 1 heterocycles. The summed E-state index contributed by atoms with van der Waals surface area (Å²) in [5.74, 6) is 0. The Balaban J connectivity index is 1.79. The first kappa shape index (κ1) is 7.56. The van der Waals surface area contributed by atoms with Crippen molar-refractivity contribution >= 4 is 0 Å². The highest BCUT2D eigenvalue weighted by Crippen LogP contribution is 2.36. The summed E-state index contributed by atoms with van der Waals surface area (Å²) in [7, 11) is 0. The SMILES string of the molecule is OC1(CC2CCCN2)CCC1. The van der Waals surface area contributed by atoms with E-state index in [0.717, 1.165) is 25.8 Å². The summed E-state index contributed by atoms with van der Waals surface area (Å²) in [5.41, 5.74) is -0.276. The molecule has 11 heavy (non-hydrogen) atoms. The van der Waals surface area contributed by atoms with E-state index in [-0.39, 0.29) is 5.60 Å². The van der Waals surface area contributed by atoms with Gasteiger partial charge in [0.1, 0.15) is 0 Å². The van der Waals surface area contributed by atoms with Crippen molar-refractivity contribution in [1.82, 2.24) is 5.32 Å². The Morgan fingerprint density at radius 3 is 2.64 bits per heavy atom. The maximum atomic E-state index is 9.83. The molecule has 1 aliphatic heterocycles. The second-order valence-corrected chi connectivity index (χ2v) is 4.08. The van der Waals surface area contributed by atoms with Crippen LogP contribution in [0.3, 0.4) is 0 Å². The predicted molar refractivity (Wildman–Crippen MR) is 44.4 cm³/mol. The van der Waals surface area contributed by atoms with Gasteiger partial charge in [-0.15, -0.1) is 0 Å². The maximum Gasteiger partial charge on any atom is 0.0662 e. The first-order valence-electron chi connectivity index (χ1n) is 4.74. The number of aliphatic hydroxyl groups is 1. The number of hydrogen-bond acceptors (Lipinski definition) is 2. The monoisotopic (exact) mass is 155 g/mol. The lowest BCUT2D eigenvalue weighted by molar-refractivity contribution is -0.0463. The van der Waals surface area contributed by atoms with Gasteiger partial charge in [0.2, 0.25) is 0 Å². The fourth-order valence-electron chi connectivity index (χ4n) is 2.18. The summed E-state index contributed by atoms with van der Waals surface area (Å²) in [5, 5.41) is 13.3. The summed E-state index contributed by atoms with van der Waals surface area (Å²) in [6.07, 6.45) is 6.84. The highest BCUT2D eigenvalue weighted by atomic mass is 16.3. The molecule has 0 aromatic rings. The molecule has 0 aromatic carbocycles. The quantitative estimate of drug-likeness (QED) is 0.624. The van der Waals surface area contributed by atoms with E-state index in [9.17, 15) is 5.11 Å². The Morgan fingerprint density at radius 1 is 1.36 bits per heavy atom. The lowest BCUT2D eigenvalue weighted by Gasteiger charge is -2.38. The first-order valence-corrected chi connectivity index (χ1v) is 4.74. The Hall–Kier alpha value is -0.0800. The van der Waals surface area contributed by atoms with E-state index in [1.165, 1.54) is 19.3 Å². The second-order valence-electron chi connectivity index (χ2n) is 4.08. The molecule has 2 aliphatic rings. The molecule has 2 nitrogen and oxygen atoms in total. The van der Waals surface area contributed by atoms with Crippen LogP contribution in [0.15, 0.2) is 0 Å².